The van der Waals surface area contributed by atoms with Crippen molar-refractivity contribution < 1.29 is 4.79 Å². The fourth-order valence-corrected chi connectivity index (χ4v) is 5.45. The number of hydrogen-bond acceptors (Lipinski definition) is 2. The number of rotatable bonds is 2. The molecule has 2 heterocycles. The van der Waals surface area contributed by atoms with Crippen LogP contribution in [0.2, 0.25) is 0 Å². The molecular weight excluding hydrogens is 284 g/mol. The lowest BCUT2D eigenvalue weighted by Gasteiger charge is -2.26. The zero-order chi connectivity index (χ0) is 13.5. The Hall–Kier alpha value is -0.280. The van der Waals surface area contributed by atoms with Crippen LogP contribution in [0.1, 0.15) is 44.9 Å². The molecule has 2 aliphatic carbocycles. The van der Waals surface area contributed by atoms with Gasteiger partial charge in [0.1, 0.15) is 0 Å². The highest BCUT2D eigenvalue weighted by molar-refractivity contribution is 5.85. The van der Waals surface area contributed by atoms with Gasteiger partial charge in [-0.1, -0.05) is 6.42 Å². The van der Waals surface area contributed by atoms with E-state index in [0.29, 0.717) is 5.91 Å². The van der Waals surface area contributed by atoms with Gasteiger partial charge in [-0.25, -0.2) is 0 Å². The Morgan fingerprint density at radius 1 is 0.952 bits per heavy atom. The SMILES string of the molecule is Cl.O=C(CC1CC2CCC1C2)N1CC[C@@H]2CNC[C@@H]2CC1. The number of carbonyl (C=O) groups excluding carboxylic acids is 1. The molecule has 0 aromatic rings. The Morgan fingerprint density at radius 3 is 2.24 bits per heavy atom. The van der Waals surface area contributed by atoms with Gasteiger partial charge in [-0.2, -0.15) is 0 Å². The van der Waals surface area contributed by atoms with Crippen molar-refractivity contribution in [3.63, 3.8) is 0 Å². The summed E-state index contributed by atoms with van der Waals surface area (Å²) in [6.45, 7) is 4.39. The number of fused-ring (bicyclic) bond motifs is 3. The van der Waals surface area contributed by atoms with Crippen LogP contribution in [0.3, 0.4) is 0 Å². The number of nitrogens with one attached hydrogen (secondary N) is 1. The fourth-order valence-electron chi connectivity index (χ4n) is 5.45. The van der Waals surface area contributed by atoms with Crippen LogP contribution in [0, 0.1) is 29.6 Å². The van der Waals surface area contributed by atoms with Crippen molar-refractivity contribution in [3.05, 3.63) is 0 Å². The summed E-state index contributed by atoms with van der Waals surface area (Å²) in [6, 6.07) is 0. The lowest BCUT2D eigenvalue weighted by molar-refractivity contribution is -0.132. The second-order valence-corrected chi connectivity index (χ2v) is 7.78. The zero-order valence-corrected chi connectivity index (χ0v) is 13.7. The molecule has 0 radical (unpaired) electrons. The van der Waals surface area contributed by atoms with Crippen LogP contribution >= 0.6 is 12.4 Å². The maximum absolute atomic E-state index is 12.6. The predicted octanol–water partition coefficient (Wildman–Crippen LogP) is 2.69. The molecule has 3 nitrogen and oxygen atoms in total. The van der Waals surface area contributed by atoms with Crippen LogP contribution in [-0.4, -0.2) is 37.0 Å². The van der Waals surface area contributed by atoms with Gasteiger partial charge in [-0.3, -0.25) is 4.79 Å². The molecule has 120 valence electrons. The third-order valence-corrected chi connectivity index (χ3v) is 6.69. The Balaban J connectivity index is 0.00000132. The maximum Gasteiger partial charge on any atom is 0.222 e. The summed E-state index contributed by atoms with van der Waals surface area (Å²) in [5, 5.41) is 3.51. The summed E-state index contributed by atoms with van der Waals surface area (Å²) in [7, 11) is 0. The van der Waals surface area contributed by atoms with E-state index in [-0.39, 0.29) is 12.4 Å². The molecular formula is C17H29ClN2O. The number of halogens is 1. The van der Waals surface area contributed by atoms with E-state index in [4.69, 9.17) is 0 Å². The average molecular weight is 313 g/mol. The summed E-state index contributed by atoms with van der Waals surface area (Å²) in [5.41, 5.74) is 0. The maximum atomic E-state index is 12.6. The van der Waals surface area contributed by atoms with E-state index in [2.05, 4.69) is 10.2 Å². The molecule has 4 rings (SSSR count). The van der Waals surface area contributed by atoms with Gasteiger partial charge in [0.25, 0.3) is 0 Å². The van der Waals surface area contributed by atoms with Crippen LogP contribution in [0.25, 0.3) is 0 Å². The highest BCUT2D eigenvalue weighted by Crippen LogP contribution is 2.49. The minimum absolute atomic E-state index is 0. The van der Waals surface area contributed by atoms with Crippen LogP contribution in [-0.2, 0) is 4.79 Å². The first-order chi connectivity index (χ1) is 9.79. The number of carbonyl (C=O) groups is 1. The average Bonchev–Trinajstić information content (AvgIpc) is 3.13. The van der Waals surface area contributed by atoms with E-state index >= 15 is 0 Å². The van der Waals surface area contributed by atoms with E-state index in [1.54, 1.807) is 0 Å². The van der Waals surface area contributed by atoms with Crippen LogP contribution in [0.5, 0.6) is 0 Å². The Morgan fingerprint density at radius 2 is 1.67 bits per heavy atom. The lowest BCUT2D eigenvalue weighted by atomic mass is 9.86. The van der Waals surface area contributed by atoms with Gasteiger partial charge < -0.3 is 10.2 Å². The molecule has 0 aromatic carbocycles. The third kappa shape index (κ3) is 3.10. The van der Waals surface area contributed by atoms with Crippen molar-refractivity contribution in [1.82, 2.24) is 10.2 Å². The molecule has 4 fully saturated rings. The predicted molar refractivity (Wildman–Crippen MR) is 86.5 cm³/mol. The minimum atomic E-state index is 0. The fraction of sp³-hybridized carbons (Fsp3) is 0.941. The Bertz CT molecular complexity index is 375. The molecule has 2 aliphatic heterocycles. The largest absolute Gasteiger partial charge is 0.343 e. The second kappa shape index (κ2) is 6.45. The molecule has 3 unspecified atom stereocenters. The quantitative estimate of drug-likeness (QED) is 0.850. The zero-order valence-electron chi connectivity index (χ0n) is 12.9. The molecule has 4 heteroatoms. The monoisotopic (exact) mass is 312 g/mol. The van der Waals surface area contributed by atoms with Gasteiger partial charge in [0.2, 0.25) is 5.91 Å². The van der Waals surface area contributed by atoms with Crippen LogP contribution < -0.4 is 5.32 Å². The van der Waals surface area contributed by atoms with E-state index in [9.17, 15) is 4.79 Å². The number of amides is 1. The topological polar surface area (TPSA) is 32.3 Å². The molecule has 2 saturated carbocycles. The van der Waals surface area contributed by atoms with E-state index in [0.717, 1.165) is 49.1 Å². The first-order valence-electron chi connectivity index (χ1n) is 8.78. The van der Waals surface area contributed by atoms with Crippen molar-refractivity contribution >= 4 is 18.3 Å². The van der Waals surface area contributed by atoms with Crippen LogP contribution in [0.15, 0.2) is 0 Å². The molecule has 5 atom stereocenters. The standard InChI is InChI=1S/C17H28N2O.ClH/c20-17(9-16-8-12-1-2-13(16)7-12)19-5-3-14-10-18-11-15(14)4-6-19;/h12-16,18H,1-11H2;1H/t12?,13?,14-,15+,16?;. The first kappa shape index (κ1) is 15.6. The molecule has 1 N–H and O–H groups in total. The van der Waals surface area contributed by atoms with Crippen molar-refractivity contribution in [2.45, 2.75) is 44.9 Å². The summed E-state index contributed by atoms with van der Waals surface area (Å²) in [6.07, 6.45) is 8.91. The van der Waals surface area contributed by atoms with Gasteiger partial charge in [0.05, 0.1) is 0 Å². The molecule has 4 aliphatic rings. The van der Waals surface area contributed by atoms with Crippen molar-refractivity contribution in [2.24, 2.45) is 29.6 Å². The van der Waals surface area contributed by atoms with Gasteiger partial charge in [-0.05, 0) is 74.8 Å². The molecule has 21 heavy (non-hydrogen) atoms. The van der Waals surface area contributed by atoms with Gasteiger partial charge in [0.15, 0.2) is 0 Å². The summed E-state index contributed by atoms with van der Waals surface area (Å²) >= 11 is 0. The number of hydrogen-bond donors (Lipinski definition) is 1. The first-order valence-corrected chi connectivity index (χ1v) is 8.78. The Kier molecular flexibility index (Phi) is 4.80. The summed E-state index contributed by atoms with van der Waals surface area (Å²) in [5.74, 6) is 4.71. The van der Waals surface area contributed by atoms with E-state index in [1.807, 2.05) is 0 Å². The van der Waals surface area contributed by atoms with Gasteiger partial charge >= 0.3 is 0 Å². The number of likely N-dealkylation sites (tertiary alicyclic amines) is 1. The highest BCUT2D eigenvalue weighted by Gasteiger charge is 2.41. The Labute approximate surface area is 134 Å². The third-order valence-electron chi connectivity index (χ3n) is 6.69. The smallest absolute Gasteiger partial charge is 0.222 e. The lowest BCUT2D eigenvalue weighted by Crippen LogP contribution is -2.34. The summed E-state index contributed by atoms with van der Waals surface area (Å²) < 4.78 is 0. The van der Waals surface area contributed by atoms with Crippen molar-refractivity contribution in [3.8, 4) is 0 Å². The summed E-state index contributed by atoms with van der Waals surface area (Å²) in [4.78, 5) is 14.8. The molecule has 0 spiro atoms. The number of nitrogens with zero attached hydrogens (tertiary/aromatic N) is 1. The molecule has 1 amide bonds. The molecule has 2 bridgehead atoms. The molecule has 0 aromatic heterocycles. The van der Waals surface area contributed by atoms with Gasteiger partial charge in [0, 0.05) is 19.5 Å². The second-order valence-electron chi connectivity index (χ2n) is 7.78. The molecule has 2 saturated heterocycles. The van der Waals surface area contributed by atoms with E-state index in [1.165, 1.54) is 51.6 Å². The van der Waals surface area contributed by atoms with E-state index < -0.39 is 0 Å². The van der Waals surface area contributed by atoms with Crippen LogP contribution in [0.4, 0.5) is 0 Å². The van der Waals surface area contributed by atoms with Gasteiger partial charge in [-0.15, -0.1) is 12.4 Å². The van der Waals surface area contributed by atoms with Crippen molar-refractivity contribution in [2.75, 3.05) is 26.2 Å². The van der Waals surface area contributed by atoms with Crippen molar-refractivity contribution in [1.29, 1.82) is 0 Å². The minimum Gasteiger partial charge on any atom is -0.343 e. The highest BCUT2D eigenvalue weighted by atomic mass is 35.5. The normalized spacial score (nSPS) is 41.5.